The molecule has 8 nitrogen and oxygen atoms in total. The Hall–Kier alpha value is -4.46. The van der Waals surface area contributed by atoms with Crippen LogP contribution in [0.15, 0.2) is 79.0 Å². The first kappa shape index (κ1) is 23.7. The summed E-state index contributed by atoms with van der Waals surface area (Å²) in [5, 5.41) is 3.55. The molecule has 0 atom stereocenters. The minimum atomic E-state index is -0.103. The maximum absolute atomic E-state index is 13.1. The van der Waals surface area contributed by atoms with E-state index in [0.717, 1.165) is 34.8 Å². The van der Waals surface area contributed by atoms with Crippen molar-refractivity contribution in [1.82, 2.24) is 25.2 Å². The van der Waals surface area contributed by atoms with Gasteiger partial charge in [-0.25, -0.2) is 4.98 Å². The highest BCUT2D eigenvalue weighted by Gasteiger charge is 2.16. The molecule has 0 saturated carbocycles. The molecule has 0 saturated heterocycles. The van der Waals surface area contributed by atoms with Crippen LogP contribution in [0.25, 0.3) is 27.6 Å². The van der Waals surface area contributed by atoms with E-state index in [2.05, 4.69) is 20.3 Å². The predicted octanol–water partition coefficient (Wildman–Crippen LogP) is 3.64. The highest BCUT2D eigenvalue weighted by molar-refractivity contribution is 5.97. The first-order valence-corrected chi connectivity index (χ1v) is 11.5. The molecule has 4 N–H and O–H groups in total. The van der Waals surface area contributed by atoms with Crippen LogP contribution >= 0.6 is 0 Å². The molecular formula is C27H28N6O2. The van der Waals surface area contributed by atoms with Crippen molar-refractivity contribution in [3.63, 3.8) is 0 Å². The van der Waals surface area contributed by atoms with Gasteiger partial charge in [-0.05, 0) is 43.2 Å². The van der Waals surface area contributed by atoms with E-state index in [4.69, 9.17) is 5.73 Å². The van der Waals surface area contributed by atoms with Crippen LogP contribution in [0.3, 0.4) is 0 Å². The number of nitrogens with two attached hydrogens (primary N) is 1. The van der Waals surface area contributed by atoms with Crippen molar-refractivity contribution in [2.24, 2.45) is 5.73 Å². The third-order valence-electron chi connectivity index (χ3n) is 5.61. The molecule has 0 aliphatic heterocycles. The van der Waals surface area contributed by atoms with Gasteiger partial charge in [0.25, 0.3) is 5.91 Å². The first-order valence-electron chi connectivity index (χ1n) is 11.5. The van der Waals surface area contributed by atoms with Crippen LogP contribution in [0.2, 0.25) is 0 Å². The molecule has 2 aromatic carbocycles. The molecule has 0 bridgehead atoms. The SMILES string of the molecule is N/C(=C\C=C/CCCN(CCNC=O)C(=O)c1cnc2ccccc2c1)c1nc2ccccc2[nH]1. The lowest BCUT2D eigenvalue weighted by atomic mass is 10.1. The Kier molecular flexibility index (Phi) is 7.85. The van der Waals surface area contributed by atoms with Crippen molar-refractivity contribution in [1.29, 1.82) is 0 Å². The normalized spacial score (nSPS) is 11.8. The average Bonchev–Trinajstić information content (AvgIpc) is 3.33. The van der Waals surface area contributed by atoms with Crippen molar-refractivity contribution in [2.75, 3.05) is 19.6 Å². The van der Waals surface area contributed by atoms with E-state index in [1.807, 2.05) is 72.8 Å². The van der Waals surface area contributed by atoms with Crippen LogP contribution < -0.4 is 11.1 Å². The van der Waals surface area contributed by atoms with Crippen LogP contribution in [-0.4, -0.2) is 51.8 Å². The molecule has 0 unspecified atom stereocenters. The minimum absolute atomic E-state index is 0.103. The van der Waals surface area contributed by atoms with E-state index in [-0.39, 0.29) is 5.91 Å². The number of unbranched alkanes of at least 4 members (excludes halogenated alkanes) is 1. The Labute approximate surface area is 203 Å². The third-order valence-corrected chi connectivity index (χ3v) is 5.61. The fourth-order valence-electron chi connectivity index (χ4n) is 3.78. The topological polar surface area (TPSA) is 117 Å². The molecular weight excluding hydrogens is 440 g/mol. The molecule has 2 amide bonds. The summed E-state index contributed by atoms with van der Waals surface area (Å²) in [4.78, 5) is 37.6. The van der Waals surface area contributed by atoms with Gasteiger partial charge in [-0.1, -0.05) is 42.5 Å². The predicted molar refractivity (Wildman–Crippen MR) is 138 cm³/mol. The van der Waals surface area contributed by atoms with Gasteiger partial charge in [0.05, 0.1) is 27.8 Å². The first-order chi connectivity index (χ1) is 17.2. The molecule has 0 radical (unpaired) electrons. The number of carbonyl (C=O) groups excluding carboxylic acids is 2. The van der Waals surface area contributed by atoms with Gasteiger partial charge < -0.3 is 20.9 Å². The lowest BCUT2D eigenvalue weighted by Gasteiger charge is -2.22. The van der Waals surface area contributed by atoms with Gasteiger partial charge in [0.15, 0.2) is 5.82 Å². The Balaban J connectivity index is 1.34. The number of carbonyl (C=O) groups is 2. The smallest absolute Gasteiger partial charge is 0.255 e. The van der Waals surface area contributed by atoms with E-state index in [9.17, 15) is 9.59 Å². The number of pyridine rings is 1. The van der Waals surface area contributed by atoms with Gasteiger partial charge in [-0.2, -0.15) is 0 Å². The standard InChI is InChI=1S/C27H28N6O2/c28-22(26-31-24-12-6-7-13-25(24)32-26)10-3-1-2-8-15-33(16-14-29-19-34)27(35)21-17-20-9-4-5-11-23(20)30-18-21/h1,3-7,9-13,17-19H,2,8,14-16,28H2,(H,29,34)(H,31,32)/b3-1-,22-10-. The van der Waals surface area contributed by atoms with E-state index in [0.29, 0.717) is 43.1 Å². The quantitative estimate of drug-likeness (QED) is 0.177. The second kappa shape index (κ2) is 11.6. The number of rotatable bonds is 11. The lowest BCUT2D eigenvalue weighted by Crippen LogP contribution is -2.37. The molecule has 0 spiro atoms. The van der Waals surface area contributed by atoms with E-state index in [1.165, 1.54) is 0 Å². The van der Waals surface area contributed by atoms with Crippen molar-refractivity contribution in [2.45, 2.75) is 12.8 Å². The molecule has 8 heteroatoms. The molecule has 178 valence electrons. The monoisotopic (exact) mass is 468 g/mol. The zero-order chi connectivity index (χ0) is 24.5. The molecule has 35 heavy (non-hydrogen) atoms. The maximum Gasteiger partial charge on any atom is 0.255 e. The summed E-state index contributed by atoms with van der Waals surface area (Å²) in [5.74, 6) is 0.535. The Morgan fingerprint density at radius 3 is 2.71 bits per heavy atom. The van der Waals surface area contributed by atoms with Crippen LogP contribution in [0.4, 0.5) is 0 Å². The van der Waals surface area contributed by atoms with Gasteiger partial charge in [-0.3, -0.25) is 14.6 Å². The number of hydrogen-bond donors (Lipinski definition) is 3. The number of aromatic amines is 1. The largest absolute Gasteiger partial charge is 0.396 e. The van der Waals surface area contributed by atoms with Gasteiger partial charge in [0.2, 0.25) is 6.41 Å². The van der Waals surface area contributed by atoms with Crippen molar-refractivity contribution in [3.05, 3.63) is 90.4 Å². The Morgan fingerprint density at radius 1 is 1.09 bits per heavy atom. The summed E-state index contributed by atoms with van der Waals surface area (Å²) >= 11 is 0. The molecule has 4 rings (SSSR count). The van der Waals surface area contributed by atoms with E-state index >= 15 is 0 Å². The summed E-state index contributed by atoms with van der Waals surface area (Å²) in [7, 11) is 0. The van der Waals surface area contributed by atoms with E-state index < -0.39 is 0 Å². The third kappa shape index (κ3) is 6.11. The second-order valence-electron chi connectivity index (χ2n) is 8.08. The van der Waals surface area contributed by atoms with Gasteiger partial charge in [0.1, 0.15) is 0 Å². The summed E-state index contributed by atoms with van der Waals surface area (Å²) < 4.78 is 0. The Morgan fingerprint density at radius 2 is 1.89 bits per heavy atom. The zero-order valence-electron chi connectivity index (χ0n) is 19.4. The number of para-hydroxylation sites is 3. The minimum Gasteiger partial charge on any atom is -0.396 e. The van der Waals surface area contributed by atoms with E-state index in [1.54, 1.807) is 11.1 Å². The number of H-pyrrole nitrogens is 1. The van der Waals surface area contributed by atoms with Gasteiger partial charge >= 0.3 is 0 Å². The molecule has 4 aromatic rings. The molecule has 0 aliphatic carbocycles. The van der Waals surface area contributed by atoms with Crippen molar-refractivity contribution in [3.8, 4) is 0 Å². The number of nitrogens with one attached hydrogen (secondary N) is 2. The van der Waals surface area contributed by atoms with Crippen LogP contribution in [0.1, 0.15) is 29.0 Å². The van der Waals surface area contributed by atoms with Crippen molar-refractivity contribution < 1.29 is 9.59 Å². The fourth-order valence-corrected chi connectivity index (χ4v) is 3.78. The number of amides is 2. The number of nitrogens with zero attached hydrogens (tertiary/aromatic N) is 3. The highest BCUT2D eigenvalue weighted by Crippen LogP contribution is 2.15. The molecule has 2 aromatic heterocycles. The molecule has 0 fully saturated rings. The summed E-state index contributed by atoms with van der Waals surface area (Å²) in [6.45, 7) is 1.37. The van der Waals surface area contributed by atoms with Gasteiger partial charge in [0, 0.05) is 31.2 Å². The summed E-state index contributed by atoms with van der Waals surface area (Å²) in [6, 6.07) is 17.3. The zero-order valence-corrected chi connectivity index (χ0v) is 19.4. The lowest BCUT2D eigenvalue weighted by molar-refractivity contribution is -0.109. The molecule has 0 aliphatic rings. The summed E-state index contributed by atoms with van der Waals surface area (Å²) in [6.07, 6.45) is 9.51. The van der Waals surface area contributed by atoms with Crippen LogP contribution in [0.5, 0.6) is 0 Å². The second-order valence-corrected chi connectivity index (χ2v) is 8.08. The molecule has 2 heterocycles. The number of fused-ring (bicyclic) bond motifs is 2. The van der Waals surface area contributed by atoms with Gasteiger partial charge in [-0.15, -0.1) is 0 Å². The number of aromatic nitrogens is 3. The fraction of sp³-hybridized carbons (Fsp3) is 0.185. The average molecular weight is 469 g/mol. The van der Waals surface area contributed by atoms with Crippen molar-refractivity contribution >= 4 is 40.0 Å². The number of imidazole rings is 1. The number of allylic oxidation sites excluding steroid dienone is 3. The maximum atomic E-state index is 13.1. The Bertz CT molecular complexity index is 1340. The highest BCUT2D eigenvalue weighted by atomic mass is 16.2. The van der Waals surface area contributed by atoms with Crippen LogP contribution in [-0.2, 0) is 4.79 Å². The summed E-state index contributed by atoms with van der Waals surface area (Å²) in [5.41, 5.74) is 9.91. The number of benzene rings is 2. The van der Waals surface area contributed by atoms with Crippen LogP contribution in [0, 0.1) is 0 Å². The number of hydrogen-bond acceptors (Lipinski definition) is 5.